The summed E-state index contributed by atoms with van der Waals surface area (Å²) in [5.41, 5.74) is 0. The van der Waals surface area contributed by atoms with E-state index in [0.29, 0.717) is 6.04 Å². The van der Waals surface area contributed by atoms with E-state index in [0.717, 1.165) is 12.0 Å². The van der Waals surface area contributed by atoms with Crippen molar-refractivity contribution < 1.29 is 0 Å². The Morgan fingerprint density at radius 2 is 1.76 bits per heavy atom. The third-order valence-electron chi connectivity index (χ3n) is 6.13. The second kappa shape index (κ2) is 7.94. The Kier molecular flexibility index (Phi) is 5.96. The first-order chi connectivity index (χ1) is 10.3. The fourth-order valence-electron chi connectivity index (χ4n) is 4.33. The van der Waals surface area contributed by atoms with Gasteiger partial charge in [-0.2, -0.15) is 0 Å². The Hall–Kier alpha value is -0.120. The first-order valence-electron chi connectivity index (χ1n) is 9.53. The number of hydrogen-bond acceptors (Lipinski definition) is 3. The van der Waals surface area contributed by atoms with Gasteiger partial charge in [-0.1, -0.05) is 12.8 Å². The molecule has 0 radical (unpaired) electrons. The first-order valence-corrected chi connectivity index (χ1v) is 9.53. The minimum atomic E-state index is 0.692. The molecule has 3 heteroatoms. The van der Waals surface area contributed by atoms with Gasteiger partial charge in [0.05, 0.1) is 0 Å². The molecule has 1 aliphatic carbocycles. The summed E-state index contributed by atoms with van der Waals surface area (Å²) >= 11 is 0. The van der Waals surface area contributed by atoms with Crippen molar-refractivity contribution in [1.29, 1.82) is 0 Å². The molecule has 2 aliphatic heterocycles. The van der Waals surface area contributed by atoms with Gasteiger partial charge in [0.25, 0.3) is 0 Å². The molecule has 21 heavy (non-hydrogen) atoms. The minimum absolute atomic E-state index is 0.692. The zero-order valence-corrected chi connectivity index (χ0v) is 14.0. The molecule has 3 aliphatic rings. The molecule has 0 unspecified atom stereocenters. The highest BCUT2D eigenvalue weighted by Gasteiger charge is 2.31. The largest absolute Gasteiger partial charge is 0.313 e. The quantitative estimate of drug-likeness (QED) is 0.812. The molecule has 3 fully saturated rings. The molecule has 0 bridgehead atoms. The van der Waals surface area contributed by atoms with Crippen LogP contribution in [0.1, 0.15) is 58.3 Å². The molecule has 1 saturated carbocycles. The standard InChI is InChI=1S/C18H35N3/c1-16(19-10-14-20-11-3-2-4-12-20)17-7-6-13-21(15-17)18-8-5-9-18/h16-19H,2-15H2,1H3/t16-,17+/m1/s1. The lowest BCUT2D eigenvalue weighted by Gasteiger charge is -2.44. The van der Waals surface area contributed by atoms with E-state index in [4.69, 9.17) is 0 Å². The van der Waals surface area contributed by atoms with Gasteiger partial charge in [0.1, 0.15) is 0 Å². The van der Waals surface area contributed by atoms with Gasteiger partial charge in [0.2, 0.25) is 0 Å². The lowest BCUT2D eigenvalue weighted by Crippen LogP contribution is -2.50. The lowest BCUT2D eigenvalue weighted by molar-refractivity contribution is 0.0663. The van der Waals surface area contributed by atoms with Crippen LogP contribution in [0.2, 0.25) is 0 Å². The van der Waals surface area contributed by atoms with Gasteiger partial charge in [-0.3, -0.25) is 0 Å². The third-order valence-corrected chi connectivity index (χ3v) is 6.13. The van der Waals surface area contributed by atoms with Gasteiger partial charge in [0, 0.05) is 31.7 Å². The van der Waals surface area contributed by atoms with Crippen molar-refractivity contribution in [3.63, 3.8) is 0 Å². The van der Waals surface area contributed by atoms with Crippen LogP contribution in [0.15, 0.2) is 0 Å². The zero-order valence-electron chi connectivity index (χ0n) is 14.0. The summed E-state index contributed by atoms with van der Waals surface area (Å²) in [5.74, 6) is 0.876. The van der Waals surface area contributed by atoms with Gasteiger partial charge in [-0.05, 0) is 71.0 Å². The maximum absolute atomic E-state index is 3.83. The molecule has 0 amide bonds. The Morgan fingerprint density at radius 3 is 2.48 bits per heavy atom. The topological polar surface area (TPSA) is 18.5 Å². The molecule has 0 aromatic heterocycles. The van der Waals surface area contributed by atoms with Crippen LogP contribution in [-0.4, -0.2) is 61.2 Å². The maximum atomic E-state index is 3.83. The van der Waals surface area contributed by atoms with E-state index in [1.165, 1.54) is 90.6 Å². The van der Waals surface area contributed by atoms with E-state index in [-0.39, 0.29) is 0 Å². The fourth-order valence-corrected chi connectivity index (χ4v) is 4.33. The average Bonchev–Trinajstić information content (AvgIpc) is 2.47. The van der Waals surface area contributed by atoms with Gasteiger partial charge in [-0.25, -0.2) is 0 Å². The van der Waals surface area contributed by atoms with Crippen molar-refractivity contribution >= 4 is 0 Å². The summed E-state index contributed by atoms with van der Waals surface area (Å²) < 4.78 is 0. The highest BCUT2D eigenvalue weighted by atomic mass is 15.2. The molecular weight excluding hydrogens is 258 g/mol. The summed E-state index contributed by atoms with van der Waals surface area (Å²) in [6, 6.07) is 1.63. The minimum Gasteiger partial charge on any atom is -0.313 e. The summed E-state index contributed by atoms with van der Waals surface area (Å²) in [6.45, 7) is 10.2. The predicted octanol–water partition coefficient (Wildman–Crippen LogP) is 2.71. The van der Waals surface area contributed by atoms with E-state index < -0.39 is 0 Å². The normalized spacial score (nSPS) is 31.0. The van der Waals surface area contributed by atoms with Crippen molar-refractivity contribution in [2.24, 2.45) is 5.92 Å². The van der Waals surface area contributed by atoms with Crippen LogP contribution < -0.4 is 5.32 Å². The molecule has 1 N–H and O–H groups in total. The Morgan fingerprint density at radius 1 is 0.952 bits per heavy atom. The Bertz CT molecular complexity index is 297. The second-order valence-corrected chi connectivity index (χ2v) is 7.63. The number of likely N-dealkylation sites (tertiary alicyclic amines) is 2. The number of piperidine rings is 2. The van der Waals surface area contributed by atoms with Crippen molar-refractivity contribution in [3.05, 3.63) is 0 Å². The summed E-state index contributed by atoms with van der Waals surface area (Å²) in [6.07, 6.45) is 11.5. The maximum Gasteiger partial charge on any atom is 0.0107 e. The van der Waals surface area contributed by atoms with E-state index in [1.54, 1.807) is 0 Å². The highest BCUT2D eigenvalue weighted by Crippen LogP contribution is 2.30. The van der Waals surface area contributed by atoms with Crippen molar-refractivity contribution in [3.8, 4) is 0 Å². The molecule has 3 nitrogen and oxygen atoms in total. The summed E-state index contributed by atoms with van der Waals surface area (Å²) in [7, 11) is 0. The Labute approximate surface area is 131 Å². The van der Waals surface area contributed by atoms with Crippen LogP contribution >= 0.6 is 0 Å². The molecule has 0 aromatic carbocycles. The molecular formula is C18H35N3. The molecule has 0 aromatic rings. The third kappa shape index (κ3) is 4.43. The lowest BCUT2D eigenvalue weighted by atomic mass is 9.85. The monoisotopic (exact) mass is 293 g/mol. The fraction of sp³-hybridized carbons (Fsp3) is 1.00. The summed E-state index contributed by atoms with van der Waals surface area (Å²) in [4.78, 5) is 5.44. The molecule has 2 saturated heterocycles. The van der Waals surface area contributed by atoms with Crippen LogP contribution in [0.4, 0.5) is 0 Å². The van der Waals surface area contributed by atoms with E-state index in [1.807, 2.05) is 0 Å². The summed E-state index contributed by atoms with van der Waals surface area (Å²) in [5, 5.41) is 3.83. The van der Waals surface area contributed by atoms with Crippen LogP contribution in [0.3, 0.4) is 0 Å². The van der Waals surface area contributed by atoms with Crippen molar-refractivity contribution in [2.45, 2.75) is 70.4 Å². The molecule has 2 heterocycles. The van der Waals surface area contributed by atoms with Crippen LogP contribution in [-0.2, 0) is 0 Å². The number of hydrogen-bond donors (Lipinski definition) is 1. The number of rotatable bonds is 6. The van der Waals surface area contributed by atoms with Crippen LogP contribution in [0, 0.1) is 5.92 Å². The van der Waals surface area contributed by atoms with Gasteiger partial charge in [0.15, 0.2) is 0 Å². The van der Waals surface area contributed by atoms with Gasteiger partial charge >= 0.3 is 0 Å². The van der Waals surface area contributed by atoms with Crippen LogP contribution in [0.25, 0.3) is 0 Å². The first kappa shape index (κ1) is 15.8. The zero-order chi connectivity index (χ0) is 14.5. The van der Waals surface area contributed by atoms with Crippen LogP contribution in [0.5, 0.6) is 0 Å². The smallest absolute Gasteiger partial charge is 0.0107 e. The average molecular weight is 293 g/mol. The SMILES string of the molecule is C[C@@H](NCCN1CCCCC1)[C@H]1CCCN(C2CCC2)C1. The number of nitrogens with zero attached hydrogens (tertiary/aromatic N) is 2. The van der Waals surface area contributed by atoms with E-state index in [2.05, 4.69) is 22.0 Å². The predicted molar refractivity (Wildman–Crippen MR) is 89.7 cm³/mol. The van der Waals surface area contributed by atoms with E-state index in [9.17, 15) is 0 Å². The van der Waals surface area contributed by atoms with Crippen molar-refractivity contribution in [1.82, 2.24) is 15.1 Å². The van der Waals surface area contributed by atoms with E-state index >= 15 is 0 Å². The van der Waals surface area contributed by atoms with Gasteiger partial charge in [-0.15, -0.1) is 0 Å². The molecule has 3 rings (SSSR count). The highest BCUT2D eigenvalue weighted by molar-refractivity contribution is 4.87. The van der Waals surface area contributed by atoms with Crippen molar-refractivity contribution in [2.75, 3.05) is 39.3 Å². The second-order valence-electron chi connectivity index (χ2n) is 7.63. The molecule has 2 atom stereocenters. The van der Waals surface area contributed by atoms with Gasteiger partial charge < -0.3 is 15.1 Å². The number of nitrogens with one attached hydrogen (secondary N) is 1. The Balaban J connectivity index is 1.34. The molecule has 0 spiro atoms. The molecule has 122 valence electrons.